The lowest BCUT2D eigenvalue weighted by atomic mass is 10.1. The molecular formula is C13H15ClF3N3O2. The Balaban J connectivity index is 2.33. The number of urea groups is 1. The van der Waals surface area contributed by atoms with Crippen molar-refractivity contribution < 1.29 is 22.8 Å². The van der Waals surface area contributed by atoms with E-state index >= 15 is 0 Å². The van der Waals surface area contributed by atoms with Crippen LogP contribution in [0.25, 0.3) is 0 Å². The van der Waals surface area contributed by atoms with Crippen LogP contribution in [0.3, 0.4) is 0 Å². The lowest BCUT2D eigenvalue weighted by molar-refractivity contribution is -0.124. The molecule has 0 bridgehead atoms. The molecule has 1 aromatic rings. The predicted molar refractivity (Wildman–Crippen MR) is 75.5 cm³/mol. The Kier molecular flexibility index (Phi) is 6.63. The van der Waals surface area contributed by atoms with Gasteiger partial charge >= 0.3 is 12.2 Å². The van der Waals surface area contributed by atoms with Crippen LogP contribution < -0.4 is 16.0 Å². The zero-order valence-corrected chi connectivity index (χ0v) is 12.4. The average Bonchev–Trinajstić information content (AvgIpc) is 2.42. The van der Waals surface area contributed by atoms with Crippen molar-refractivity contribution in [1.29, 1.82) is 0 Å². The van der Waals surface area contributed by atoms with Crippen LogP contribution in [-0.4, -0.2) is 31.2 Å². The molecule has 5 nitrogen and oxygen atoms in total. The first-order chi connectivity index (χ1) is 10.2. The Labute approximate surface area is 130 Å². The fourth-order valence-corrected chi connectivity index (χ4v) is 1.64. The van der Waals surface area contributed by atoms with E-state index in [1.807, 2.05) is 0 Å². The van der Waals surface area contributed by atoms with Gasteiger partial charge in [0.15, 0.2) is 0 Å². The third-order valence-corrected chi connectivity index (χ3v) is 2.89. The Morgan fingerprint density at radius 1 is 1.23 bits per heavy atom. The van der Waals surface area contributed by atoms with E-state index in [1.54, 1.807) is 41.8 Å². The summed E-state index contributed by atoms with van der Waals surface area (Å²) in [5.41, 5.74) is 0.874. The highest BCUT2D eigenvalue weighted by Crippen LogP contribution is 2.15. The molecule has 0 fully saturated rings. The fraction of sp³-hybridized carbons (Fsp3) is 0.385. The normalized spacial score (nSPS) is 12.6. The number of alkyl halides is 3. The maximum Gasteiger partial charge on any atom is 0.405 e. The van der Waals surface area contributed by atoms with Crippen molar-refractivity contribution in [2.24, 2.45) is 0 Å². The second kappa shape index (κ2) is 8.00. The molecule has 0 spiro atoms. The maximum absolute atomic E-state index is 11.9. The number of rotatable bonds is 5. The summed E-state index contributed by atoms with van der Waals surface area (Å²) in [6, 6.07) is 5.55. The average molecular weight is 338 g/mol. The van der Waals surface area contributed by atoms with E-state index in [2.05, 4.69) is 5.32 Å². The summed E-state index contributed by atoms with van der Waals surface area (Å²) in [6.07, 6.45) is -4.53. The Morgan fingerprint density at radius 3 is 2.36 bits per heavy atom. The monoisotopic (exact) mass is 337 g/mol. The fourth-order valence-electron chi connectivity index (χ4n) is 1.51. The number of hydrogen-bond donors (Lipinski definition) is 3. The molecule has 22 heavy (non-hydrogen) atoms. The molecule has 0 aromatic heterocycles. The molecule has 122 valence electrons. The zero-order chi connectivity index (χ0) is 16.8. The van der Waals surface area contributed by atoms with Crippen LogP contribution in [0.2, 0.25) is 5.02 Å². The van der Waals surface area contributed by atoms with E-state index in [9.17, 15) is 22.8 Å². The molecule has 0 heterocycles. The lowest BCUT2D eigenvalue weighted by Crippen LogP contribution is -2.46. The van der Waals surface area contributed by atoms with Gasteiger partial charge in [-0.3, -0.25) is 10.1 Å². The topological polar surface area (TPSA) is 70.2 Å². The van der Waals surface area contributed by atoms with Crippen molar-refractivity contribution in [2.75, 3.05) is 13.1 Å². The van der Waals surface area contributed by atoms with E-state index in [4.69, 9.17) is 11.6 Å². The van der Waals surface area contributed by atoms with Crippen molar-refractivity contribution >= 4 is 23.5 Å². The highest BCUT2D eigenvalue weighted by Gasteiger charge is 2.27. The summed E-state index contributed by atoms with van der Waals surface area (Å²) >= 11 is 5.75. The van der Waals surface area contributed by atoms with Crippen LogP contribution >= 0.6 is 11.6 Å². The summed E-state index contributed by atoms with van der Waals surface area (Å²) in [5.74, 6) is -0.736. The van der Waals surface area contributed by atoms with Crippen LogP contribution in [0.5, 0.6) is 0 Å². The number of benzene rings is 1. The molecule has 0 aliphatic carbocycles. The molecule has 0 aliphatic heterocycles. The van der Waals surface area contributed by atoms with Gasteiger partial charge in [0.1, 0.15) is 6.54 Å². The van der Waals surface area contributed by atoms with Crippen LogP contribution in [0, 0.1) is 0 Å². The van der Waals surface area contributed by atoms with Gasteiger partial charge in [0.05, 0.1) is 6.54 Å². The number of nitrogens with one attached hydrogen (secondary N) is 3. The first-order valence-corrected chi connectivity index (χ1v) is 6.68. The molecule has 0 saturated heterocycles. The SMILES string of the molecule is C[C@H](NCC(=O)NC(=O)NCC(F)(F)F)c1ccc(Cl)cc1. The smallest absolute Gasteiger partial charge is 0.329 e. The van der Waals surface area contributed by atoms with Crippen molar-refractivity contribution in [2.45, 2.75) is 19.1 Å². The Morgan fingerprint density at radius 2 is 1.82 bits per heavy atom. The molecule has 0 radical (unpaired) electrons. The minimum Gasteiger partial charge on any atom is -0.329 e. The molecule has 1 atom stereocenters. The standard InChI is InChI=1S/C13H15ClF3N3O2/c1-8(9-2-4-10(14)5-3-9)18-6-11(21)20-12(22)19-7-13(15,16)17/h2-5,8,18H,6-7H2,1H3,(H2,19,20,21,22)/t8-/m0/s1. The molecule has 3 N–H and O–H groups in total. The van der Waals surface area contributed by atoms with Crippen LogP contribution in [-0.2, 0) is 4.79 Å². The van der Waals surface area contributed by atoms with E-state index in [0.29, 0.717) is 5.02 Å². The van der Waals surface area contributed by atoms with Gasteiger partial charge in [0.2, 0.25) is 5.91 Å². The van der Waals surface area contributed by atoms with Crippen LogP contribution in [0.1, 0.15) is 18.5 Å². The van der Waals surface area contributed by atoms with Gasteiger partial charge in [-0.15, -0.1) is 0 Å². The summed E-state index contributed by atoms with van der Waals surface area (Å²) in [5, 5.41) is 6.75. The highest BCUT2D eigenvalue weighted by molar-refractivity contribution is 6.30. The zero-order valence-electron chi connectivity index (χ0n) is 11.6. The van der Waals surface area contributed by atoms with Crippen LogP contribution in [0.15, 0.2) is 24.3 Å². The molecule has 0 saturated carbocycles. The second-order valence-electron chi connectivity index (χ2n) is 4.50. The second-order valence-corrected chi connectivity index (χ2v) is 4.94. The van der Waals surface area contributed by atoms with Crippen molar-refractivity contribution in [3.05, 3.63) is 34.9 Å². The van der Waals surface area contributed by atoms with Crippen molar-refractivity contribution in [3.63, 3.8) is 0 Å². The molecule has 1 rings (SSSR count). The van der Waals surface area contributed by atoms with E-state index in [1.165, 1.54) is 0 Å². The number of hydrogen-bond acceptors (Lipinski definition) is 3. The number of amides is 3. The van der Waals surface area contributed by atoms with Gasteiger partial charge in [0.25, 0.3) is 0 Å². The number of carbonyl (C=O) groups excluding carboxylic acids is 2. The van der Waals surface area contributed by atoms with E-state index < -0.39 is 24.7 Å². The highest BCUT2D eigenvalue weighted by atomic mass is 35.5. The van der Waals surface area contributed by atoms with E-state index in [0.717, 1.165) is 5.56 Å². The summed E-state index contributed by atoms with van der Waals surface area (Å²) in [7, 11) is 0. The largest absolute Gasteiger partial charge is 0.405 e. The molecule has 0 unspecified atom stereocenters. The molecular weight excluding hydrogens is 323 g/mol. The Bertz CT molecular complexity index is 520. The quantitative estimate of drug-likeness (QED) is 0.772. The van der Waals surface area contributed by atoms with E-state index in [-0.39, 0.29) is 12.6 Å². The number of imide groups is 1. The third kappa shape index (κ3) is 7.28. The van der Waals surface area contributed by atoms with Crippen molar-refractivity contribution in [3.8, 4) is 0 Å². The number of carbonyl (C=O) groups is 2. The van der Waals surface area contributed by atoms with Gasteiger partial charge in [-0.2, -0.15) is 13.2 Å². The molecule has 0 aliphatic rings. The summed E-state index contributed by atoms with van der Waals surface area (Å²) in [4.78, 5) is 22.5. The number of halogens is 4. The predicted octanol–water partition coefficient (Wildman–Crippen LogP) is 2.38. The molecule has 9 heteroatoms. The van der Waals surface area contributed by atoms with Gasteiger partial charge < -0.3 is 10.6 Å². The van der Waals surface area contributed by atoms with Crippen LogP contribution in [0.4, 0.5) is 18.0 Å². The van der Waals surface area contributed by atoms with Gasteiger partial charge in [-0.05, 0) is 24.6 Å². The lowest BCUT2D eigenvalue weighted by Gasteiger charge is -2.14. The van der Waals surface area contributed by atoms with Gasteiger partial charge in [-0.25, -0.2) is 4.79 Å². The molecule has 3 amide bonds. The molecule has 1 aromatic carbocycles. The first-order valence-electron chi connectivity index (χ1n) is 6.30. The maximum atomic E-state index is 11.9. The van der Waals surface area contributed by atoms with Gasteiger partial charge in [0, 0.05) is 11.1 Å². The summed E-state index contributed by atoms with van der Waals surface area (Å²) < 4.78 is 35.6. The third-order valence-electron chi connectivity index (χ3n) is 2.64. The Hall–Kier alpha value is -1.80. The minimum atomic E-state index is -4.53. The van der Waals surface area contributed by atoms with Gasteiger partial charge in [-0.1, -0.05) is 23.7 Å². The van der Waals surface area contributed by atoms with Crippen molar-refractivity contribution in [1.82, 2.24) is 16.0 Å². The minimum absolute atomic E-state index is 0.193. The summed E-state index contributed by atoms with van der Waals surface area (Å²) in [6.45, 7) is 0.0736. The first kappa shape index (κ1) is 18.2.